The summed E-state index contributed by atoms with van der Waals surface area (Å²) < 4.78 is 5.70. The normalized spacial score (nSPS) is 31.3. The van der Waals surface area contributed by atoms with E-state index in [1.54, 1.807) is 5.56 Å². The second-order valence-corrected chi connectivity index (χ2v) is 9.04. The lowest BCUT2D eigenvalue weighted by atomic mass is 9.49. The molecule has 0 unspecified atom stereocenters. The smallest absolute Gasteiger partial charge is 0.302 e. The van der Waals surface area contributed by atoms with Crippen LogP contribution in [0.5, 0.6) is 0 Å². The number of hydrogen-bond acceptors (Lipinski definition) is 2. The van der Waals surface area contributed by atoms with E-state index in [1.165, 1.54) is 24.5 Å². The fourth-order valence-electron chi connectivity index (χ4n) is 5.48. The fourth-order valence-corrected chi connectivity index (χ4v) is 5.48. The van der Waals surface area contributed by atoms with E-state index >= 15 is 0 Å². The summed E-state index contributed by atoms with van der Waals surface area (Å²) in [6, 6.07) is 7.15. The number of benzene rings is 1. The van der Waals surface area contributed by atoms with Gasteiger partial charge in [0.15, 0.2) is 0 Å². The molecule has 3 atom stereocenters. The molecule has 132 valence electrons. The third-order valence-electron chi connectivity index (χ3n) is 6.84. The average Bonchev–Trinajstić information content (AvgIpc) is 2.49. The van der Waals surface area contributed by atoms with E-state index in [9.17, 15) is 4.79 Å². The maximum atomic E-state index is 11.5. The first-order chi connectivity index (χ1) is 11.2. The molecule has 0 aliphatic heterocycles. The van der Waals surface area contributed by atoms with Gasteiger partial charge in [0.25, 0.3) is 0 Å². The van der Waals surface area contributed by atoms with E-state index in [0.717, 1.165) is 19.3 Å². The van der Waals surface area contributed by atoms with Gasteiger partial charge in [-0.2, -0.15) is 0 Å². The van der Waals surface area contributed by atoms with Crippen molar-refractivity contribution in [3.8, 4) is 0 Å². The van der Waals surface area contributed by atoms with Gasteiger partial charge in [-0.25, -0.2) is 0 Å². The minimum Gasteiger partial charge on any atom is -0.462 e. The highest BCUT2D eigenvalue weighted by Crippen LogP contribution is 2.57. The van der Waals surface area contributed by atoms with Crippen LogP contribution < -0.4 is 0 Å². The second kappa shape index (κ2) is 5.89. The first kappa shape index (κ1) is 17.5. The van der Waals surface area contributed by atoms with E-state index in [2.05, 4.69) is 52.8 Å². The van der Waals surface area contributed by atoms with Crippen LogP contribution in [0.4, 0.5) is 0 Å². The highest BCUT2D eigenvalue weighted by atomic mass is 16.5. The molecule has 1 fully saturated rings. The number of ether oxygens (including phenoxy) is 1. The number of carbonyl (C=O) groups excluding carboxylic acids is 1. The van der Waals surface area contributed by atoms with Crippen molar-refractivity contribution in [1.82, 2.24) is 0 Å². The van der Waals surface area contributed by atoms with Crippen molar-refractivity contribution in [2.24, 2.45) is 11.3 Å². The number of hydrogen-bond donors (Lipinski definition) is 0. The van der Waals surface area contributed by atoms with Crippen molar-refractivity contribution in [2.75, 3.05) is 0 Å². The van der Waals surface area contributed by atoms with Gasteiger partial charge in [0.05, 0.1) is 0 Å². The maximum Gasteiger partial charge on any atom is 0.302 e. The molecule has 0 bridgehead atoms. The van der Waals surface area contributed by atoms with Crippen LogP contribution in [0.1, 0.15) is 83.4 Å². The van der Waals surface area contributed by atoms with Crippen LogP contribution in [-0.4, -0.2) is 12.1 Å². The molecule has 2 aliphatic carbocycles. The zero-order valence-electron chi connectivity index (χ0n) is 16.1. The van der Waals surface area contributed by atoms with Crippen LogP contribution >= 0.6 is 0 Å². The molecule has 2 heteroatoms. The molecular formula is C22H32O2. The Hall–Kier alpha value is -1.31. The molecule has 24 heavy (non-hydrogen) atoms. The highest BCUT2D eigenvalue weighted by molar-refractivity contribution is 5.66. The lowest BCUT2D eigenvalue weighted by Gasteiger charge is -2.56. The molecule has 2 aliphatic rings. The Kier molecular flexibility index (Phi) is 4.30. The number of esters is 1. The summed E-state index contributed by atoms with van der Waals surface area (Å²) in [5.74, 6) is 0.993. The molecule has 1 saturated carbocycles. The number of aryl methyl sites for hydroxylation is 1. The standard InChI is InChI=1S/C22H32O2/c1-14(2)16-7-9-18-17(13-16)8-10-19-21(4,5)20(24-15(3)23)11-12-22(18,19)6/h7,9,13-14,19-20H,8,10-12H2,1-6H3/t19-,20-,22+/m0/s1. The van der Waals surface area contributed by atoms with Crippen LogP contribution in [0.25, 0.3) is 0 Å². The number of carbonyl (C=O) groups is 1. The van der Waals surface area contributed by atoms with E-state index in [4.69, 9.17) is 4.74 Å². The van der Waals surface area contributed by atoms with Crippen molar-refractivity contribution in [3.05, 3.63) is 34.9 Å². The Labute approximate surface area is 147 Å². The zero-order chi connectivity index (χ0) is 17.7. The molecule has 1 aromatic rings. The molecule has 0 N–H and O–H groups in total. The van der Waals surface area contributed by atoms with E-state index in [0.29, 0.717) is 11.8 Å². The van der Waals surface area contributed by atoms with Gasteiger partial charge in [-0.1, -0.05) is 52.8 Å². The van der Waals surface area contributed by atoms with E-state index in [-0.39, 0.29) is 22.9 Å². The summed E-state index contributed by atoms with van der Waals surface area (Å²) in [6.45, 7) is 13.1. The van der Waals surface area contributed by atoms with Gasteiger partial charge in [0, 0.05) is 12.3 Å². The molecule has 0 heterocycles. The average molecular weight is 328 g/mol. The summed E-state index contributed by atoms with van der Waals surface area (Å²) >= 11 is 0. The van der Waals surface area contributed by atoms with Crippen molar-refractivity contribution in [1.29, 1.82) is 0 Å². The molecule has 0 saturated heterocycles. The summed E-state index contributed by atoms with van der Waals surface area (Å²) in [7, 11) is 0. The second-order valence-electron chi connectivity index (χ2n) is 9.04. The summed E-state index contributed by atoms with van der Waals surface area (Å²) in [4.78, 5) is 11.5. The Morgan fingerprint density at radius 1 is 1.21 bits per heavy atom. The summed E-state index contributed by atoms with van der Waals surface area (Å²) in [5, 5.41) is 0. The van der Waals surface area contributed by atoms with E-state index in [1.807, 2.05) is 0 Å². The zero-order valence-corrected chi connectivity index (χ0v) is 16.1. The largest absolute Gasteiger partial charge is 0.462 e. The maximum absolute atomic E-state index is 11.5. The van der Waals surface area contributed by atoms with Gasteiger partial charge in [-0.15, -0.1) is 0 Å². The van der Waals surface area contributed by atoms with E-state index < -0.39 is 0 Å². The Morgan fingerprint density at radius 2 is 1.92 bits per heavy atom. The third kappa shape index (κ3) is 2.68. The Morgan fingerprint density at radius 3 is 2.54 bits per heavy atom. The van der Waals surface area contributed by atoms with Gasteiger partial charge in [0.2, 0.25) is 0 Å². The monoisotopic (exact) mass is 328 g/mol. The lowest BCUT2D eigenvalue weighted by Crippen LogP contribution is -2.54. The number of fused-ring (bicyclic) bond motifs is 3. The Bertz CT molecular complexity index is 643. The summed E-state index contributed by atoms with van der Waals surface area (Å²) in [6.07, 6.45) is 4.45. The Balaban J connectivity index is 1.98. The van der Waals surface area contributed by atoms with Crippen LogP contribution in [0.3, 0.4) is 0 Å². The van der Waals surface area contributed by atoms with Crippen LogP contribution in [-0.2, 0) is 21.4 Å². The van der Waals surface area contributed by atoms with Crippen LogP contribution in [0.2, 0.25) is 0 Å². The summed E-state index contributed by atoms with van der Waals surface area (Å²) in [5.41, 5.74) is 4.75. The molecule has 3 rings (SSSR count). The first-order valence-electron chi connectivity index (χ1n) is 9.46. The molecule has 0 amide bonds. The van der Waals surface area contributed by atoms with Gasteiger partial charge in [-0.05, 0) is 59.6 Å². The van der Waals surface area contributed by atoms with Crippen LogP contribution in [0.15, 0.2) is 18.2 Å². The fraction of sp³-hybridized carbons (Fsp3) is 0.682. The number of rotatable bonds is 2. The third-order valence-corrected chi connectivity index (χ3v) is 6.84. The predicted molar refractivity (Wildman–Crippen MR) is 98.3 cm³/mol. The highest BCUT2D eigenvalue weighted by Gasteiger charge is 2.54. The topological polar surface area (TPSA) is 26.3 Å². The van der Waals surface area contributed by atoms with Crippen LogP contribution in [0, 0.1) is 11.3 Å². The minimum atomic E-state index is -0.144. The van der Waals surface area contributed by atoms with Crippen molar-refractivity contribution < 1.29 is 9.53 Å². The molecule has 0 radical (unpaired) electrons. The van der Waals surface area contributed by atoms with Gasteiger partial charge in [0.1, 0.15) is 6.10 Å². The predicted octanol–water partition coefficient (Wildman–Crippen LogP) is 5.38. The molecule has 1 aromatic carbocycles. The van der Waals surface area contributed by atoms with Gasteiger partial charge < -0.3 is 4.74 Å². The molecule has 0 spiro atoms. The van der Waals surface area contributed by atoms with Gasteiger partial charge in [-0.3, -0.25) is 4.79 Å². The minimum absolute atomic E-state index is 0.0209. The molecular weight excluding hydrogens is 296 g/mol. The quantitative estimate of drug-likeness (QED) is 0.681. The molecule has 0 aromatic heterocycles. The first-order valence-corrected chi connectivity index (χ1v) is 9.46. The lowest BCUT2D eigenvalue weighted by molar-refractivity contribution is -0.163. The van der Waals surface area contributed by atoms with Crippen molar-refractivity contribution >= 4 is 5.97 Å². The van der Waals surface area contributed by atoms with Crippen molar-refractivity contribution in [2.45, 2.75) is 84.7 Å². The molecule has 2 nitrogen and oxygen atoms in total. The van der Waals surface area contributed by atoms with Gasteiger partial charge >= 0.3 is 5.97 Å². The SMILES string of the molecule is CC(=O)O[C@H]1CC[C@]2(C)c3ccc(C(C)C)cc3CC[C@H]2C1(C)C. The van der Waals surface area contributed by atoms with Crippen molar-refractivity contribution in [3.63, 3.8) is 0 Å².